The summed E-state index contributed by atoms with van der Waals surface area (Å²) >= 11 is 0. The third kappa shape index (κ3) is 4.64. The summed E-state index contributed by atoms with van der Waals surface area (Å²) in [6.07, 6.45) is 3.98. The van der Waals surface area contributed by atoms with Crippen molar-refractivity contribution in [1.29, 1.82) is 0 Å². The molecule has 1 saturated heterocycles. The third-order valence-corrected chi connectivity index (χ3v) is 4.83. The highest BCUT2D eigenvalue weighted by Gasteiger charge is 2.22. The van der Waals surface area contributed by atoms with Crippen LogP contribution in [0.3, 0.4) is 0 Å². The van der Waals surface area contributed by atoms with Gasteiger partial charge in [0.25, 0.3) is 0 Å². The Hall–Kier alpha value is -2.34. The molecule has 1 amide bonds. The van der Waals surface area contributed by atoms with E-state index in [2.05, 4.69) is 28.3 Å². The Morgan fingerprint density at radius 2 is 2.00 bits per heavy atom. The molecule has 0 spiro atoms. The van der Waals surface area contributed by atoms with Gasteiger partial charge in [0.2, 0.25) is 5.91 Å². The van der Waals surface area contributed by atoms with Crippen molar-refractivity contribution in [3.05, 3.63) is 41.7 Å². The maximum Gasteiger partial charge on any atom is 0.238 e. The van der Waals surface area contributed by atoms with Crippen molar-refractivity contribution in [1.82, 2.24) is 14.7 Å². The van der Waals surface area contributed by atoms with Crippen molar-refractivity contribution >= 4 is 11.6 Å². The average Bonchev–Trinajstić information content (AvgIpc) is 2.98. The van der Waals surface area contributed by atoms with E-state index in [1.165, 1.54) is 0 Å². The largest absolute Gasteiger partial charge is 0.490 e. The number of nitrogens with one attached hydrogen (secondary N) is 1. The Morgan fingerprint density at radius 3 is 2.65 bits per heavy atom. The minimum Gasteiger partial charge on any atom is -0.490 e. The lowest BCUT2D eigenvalue weighted by atomic mass is 10.1. The summed E-state index contributed by atoms with van der Waals surface area (Å²) < 4.78 is 7.96. The fourth-order valence-corrected chi connectivity index (χ4v) is 3.25. The van der Waals surface area contributed by atoms with Crippen LogP contribution in [0.2, 0.25) is 0 Å². The molecule has 140 valence electrons. The number of para-hydroxylation sites is 1. The van der Waals surface area contributed by atoms with Crippen LogP contribution in [-0.4, -0.2) is 46.3 Å². The van der Waals surface area contributed by atoms with Crippen LogP contribution < -0.4 is 10.1 Å². The molecule has 6 nitrogen and oxygen atoms in total. The Balaban J connectivity index is 1.45. The van der Waals surface area contributed by atoms with Gasteiger partial charge >= 0.3 is 0 Å². The lowest BCUT2D eigenvalue weighted by Crippen LogP contribution is -2.42. The number of piperidine rings is 1. The van der Waals surface area contributed by atoms with Crippen molar-refractivity contribution in [2.24, 2.45) is 0 Å². The fourth-order valence-electron chi connectivity index (χ4n) is 3.25. The number of likely N-dealkylation sites (tertiary alicyclic amines) is 1. The van der Waals surface area contributed by atoms with Gasteiger partial charge in [-0.1, -0.05) is 18.2 Å². The van der Waals surface area contributed by atoms with E-state index in [0.717, 1.165) is 55.2 Å². The van der Waals surface area contributed by atoms with Crippen LogP contribution in [0.15, 0.2) is 30.5 Å². The summed E-state index contributed by atoms with van der Waals surface area (Å²) in [7, 11) is 0. The Kier molecular flexibility index (Phi) is 5.93. The van der Waals surface area contributed by atoms with Gasteiger partial charge in [0.05, 0.1) is 17.9 Å². The van der Waals surface area contributed by atoms with Gasteiger partial charge in [-0.25, -0.2) is 0 Å². The molecule has 0 atom stereocenters. The molecule has 1 N–H and O–H groups in total. The van der Waals surface area contributed by atoms with Gasteiger partial charge in [0.1, 0.15) is 11.9 Å². The van der Waals surface area contributed by atoms with Crippen LogP contribution in [0.5, 0.6) is 5.75 Å². The second-order valence-corrected chi connectivity index (χ2v) is 6.89. The lowest BCUT2D eigenvalue weighted by Gasteiger charge is -2.31. The second kappa shape index (κ2) is 8.36. The van der Waals surface area contributed by atoms with Gasteiger partial charge < -0.3 is 10.1 Å². The molecular weight excluding hydrogens is 328 g/mol. The number of aryl methyl sites for hydroxylation is 3. The molecule has 2 aromatic rings. The smallest absolute Gasteiger partial charge is 0.238 e. The predicted molar refractivity (Wildman–Crippen MR) is 103 cm³/mol. The molecule has 26 heavy (non-hydrogen) atoms. The Bertz CT molecular complexity index is 748. The van der Waals surface area contributed by atoms with Crippen LogP contribution in [0, 0.1) is 13.8 Å². The summed E-state index contributed by atoms with van der Waals surface area (Å²) in [6, 6.07) is 8.12. The summed E-state index contributed by atoms with van der Waals surface area (Å²) in [5.74, 6) is 0.981. The van der Waals surface area contributed by atoms with Gasteiger partial charge in [0.15, 0.2) is 0 Å². The number of ether oxygens (including phenoxy) is 1. The molecule has 0 aliphatic carbocycles. The molecule has 0 saturated carbocycles. The predicted octanol–water partition coefficient (Wildman–Crippen LogP) is 3.00. The van der Waals surface area contributed by atoms with E-state index in [1.54, 1.807) is 0 Å². The van der Waals surface area contributed by atoms with Crippen molar-refractivity contribution in [3.63, 3.8) is 0 Å². The van der Waals surface area contributed by atoms with E-state index in [4.69, 9.17) is 4.74 Å². The zero-order valence-electron chi connectivity index (χ0n) is 15.9. The number of anilines is 1. The maximum atomic E-state index is 12.3. The van der Waals surface area contributed by atoms with Crippen LogP contribution in [0.1, 0.15) is 31.0 Å². The third-order valence-electron chi connectivity index (χ3n) is 4.83. The standard InChI is InChI=1S/C20H28N4O2/c1-4-24-13-18(16(3)22-24)21-20(25)14-23-11-9-17(10-12-23)26-19-8-6-5-7-15(19)2/h5-8,13,17H,4,9-12,14H2,1-3H3,(H,21,25). The van der Waals surface area contributed by atoms with E-state index in [-0.39, 0.29) is 12.0 Å². The van der Waals surface area contributed by atoms with E-state index < -0.39 is 0 Å². The Morgan fingerprint density at radius 1 is 1.27 bits per heavy atom. The van der Waals surface area contributed by atoms with Crippen LogP contribution >= 0.6 is 0 Å². The number of aromatic nitrogens is 2. The number of nitrogens with zero attached hydrogens (tertiary/aromatic N) is 3. The minimum atomic E-state index is 0.0158. The van der Waals surface area contributed by atoms with E-state index >= 15 is 0 Å². The number of benzene rings is 1. The molecular formula is C20H28N4O2. The molecule has 1 aromatic carbocycles. The first-order valence-corrected chi connectivity index (χ1v) is 9.33. The van der Waals surface area contributed by atoms with Crippen LogP contribution in [0.4, 0.5) is 5.69 Å². The molecule has 0 bridgehead atoms. The fraction of sp³-hybridized carbons (Fsp3) is 0.500. The normalized spacial score (nSPS) is 15.8. The summed E-state index contributed by atoms with van der Waals surface area (Å²) in [5.41, 5.74) is 2.82. The maximum absolute atomic E-state index is 12.3. The van der Waals surface area contributed by atoms with E-state index in [0.29, 0.717) is 6.54 Å². The Labute approximate surface area is 155 Å². The molecule has 1 aliphatic heterocycles. The summed E-state index contributed by atoms with van der Waals surface area (Å²) in [5, 5.41) is 7.33. The van der Waals surface area contributed by atoms with Gasteiger partial charge in [0, 0.05) is 25.8 Å². The molecule has 3 rings (SSSR count). The number of rotatable bonds is 6. The van der Waals surface area contributed by atoms with Crippen molar-refractivity contribution < 1.29 is 9.53 Å². The number of hydrogen-bond acceptors (Lipinski definition) is 4. The van der Waals surface area contributed by atoms with Gasteiger partial charge in [-0.15, -0.1) is 0 Å². The zero-order chi connectivity index (χ0) is 18.5. The summed E-state index contributed by atoms with van der Waals surface area (Å²) in [4.78, 5) is 14.5. The van der Waals surface area contributed by atoms with Crippen LogP contribution in [0.25, 0.3) is 0 Å². The SMILES string of the molecule is CCn1cc(NC(=O)CN2CCC(Oc3ccccc3C)CC2)c(C)n1. The number of hydrogen-bond donors (Lipinski definition) is 1. The monoisotopic (exact) mass is 356 g/mol. The number of carbonyl (C=O) groups excluding carboxylic acids is 1. The number of carbonyl (C=O) groups is 1. The van der Waals surface area contributed by atoms with Crippen molar-refractivity contribution in [3.8, 4) is 5.75 Å². The zero-order valence-corrected chi connectivity index (χ0v) is 15.9. The van der Waals surface area contributed by atoms with E-state index in [1.807, 2.05) is 42.9 Å². The first kappa shape index (κ1) is 18.5. The van der Waals surface area contributed by atoms with Crippen molar-refractivity contribution in [2.45, 2.75) is 46.3 Å². The molecule has 2 heterocycles. The van der Waals surface area contributed by atoms with Gasteiger partial charge in [-0.2, -0.15) is 5.10 Å². The van der Waals surface area contributed by atoms with Gasteiger partial charge in [-0.3, -0.25) is 14.4 Å². The molecule has 0 radical (unpaired) electrons. The van der Waals surface area contributed by atoms with E-state index in [9.17, 15) is 4.79 Å². The highest BCUT2D eigenvalue weighted by molar-refractivity contribution is 5.92. The first-order chi connectivity index (χ1) is 12.5. The minimum absolute atomic E-state index is 0.0158. The first-order valence-electron chi connectivity index (χ1n) is 9.33. The highest BCUT2D eigenvalue weighted by Crippen LogP contribution is 2.22. The number of amides is 1. The van der Waals surface area contributed by atoms with Crippen molar-refractivity contribution in [2.75, 3.05) is 25.0 Å². The molecule has 1 aromatic heterocycles. The molecule has 1 fully saturated rings. The molecule has 6 heteroatoms. The quantitative estimate of drug-likeness (QED) is 0.864. The van der Waals surface area contributed by atoms with Crippen LogP contribution in [-0.2, 0) is 11.3 Å². The second-order valence-electron chi connectivity index (χ2n) is 6.89. The highest BCUT2D eigenvalue weighted by atomic mass is 16.5. The average molecular weight is 356 g/mol. The molecule has 0 unspecified atom stereocenters. The topological polar surface area (TPSA) is 59.4 Å². The molecule has 1 aliphatic rings. The summed E-state index contributed by atoms with van der Waals surface area (Å²) in [6.45, 7) is 8.96. The lowest BCUT2D eigenvalue weighted by molar-refractivity contribution is -0.117. The van der Waals surface area contributed by atoms with Gasteiger partial charge in [-0.05, 0) is 45.2 Å².